The molecule has 0 aliphatic carbocycles. The number of benzene rings is 1. The topological polar surface area (TPSA) is 61.8 Å². The number of carbonyl (C=O) groups is 2. The van der Waals surface area contributed by atoms with Crippen molar-refractivity contribution in [2.24, 2.45) is 0 Å². The first-order valence-corrected chi connectivity index (χ1v) is 6.27. The van der Waals surface area contributed by atoms with Gasteiger partial charge in [0.2, 0.25) is 0 Å². The summed E-state index contributed by atoms with van der Waals surface area (Å²) in [4.78, 5) is 23.4. The Kier molecular flexibility index (Phi) is 4.52. The molecule has 1 unspecified atom stereocenters. The Balaban J connectivity index is 2.15. The van der Waals surface area contributed by atoms with E-state index in [1.807, 2.05) is 0 Å². The molecule has 1 aliphatic rings. The lowest BCUT2D eigenvalue weighted by molar-refractivity contribution is -0.137. The molecule has 0 aromatic heterocycles. The van der Waals surface area contributed by atoms with Crippen LogP contribution >= 0.6 is 0 Å². The molecule has 0 N–H and O–H groups in total. The van der Waals surface area contributed by atoms with E-state index in [0.717, 1.165) is 6.42 Å². The fraction of sp³-hybridized carbons (Fsp3) is 0.429. The monoisotopic (exact) mass is 264 g/mol. The van der Waals surface area contributed by atoms with Gasteiger partial charge in [-0.2, -0.15) is 0 Å². The van der Waals surface area contributed by atoms with Crippen LogP contribution in [0, 0.1) is 0 Å². The van der Waals surface area contributed by atoms with E-state index < -0.39 is 11.8 Å². The second-order valence-corrected chi connectivity index (χ2v) is 4.15. The molecule has 19 heavy (non-hydrogen) atoms. The predicted molar refractivity (Wildman–Crippen MR) is 67.3 cm³/mol. The molecular weight excluding hydrogens is 248 g/mol. The van der Waals surface area contributed by atoms with Gasteiger partial charge in [-0.15, -0.1) is 0 Å². The third kappa shape index (κ3) is 3.32. The van der Waals surface area contributed by atoms with Crippen molar-refractivity contribution in [1.82, 2.24) is 0 Å². The van der Waals surface area contributed by atoms with Crippen molar-refractivity contribution in [2.75, 3.05) is 19.8 Å². The SMILES string of the molecule is CCOC(=O)C(=O)c1ccccc1OC1CCOC1. The van der Waals surface area contributed by atoms with Gasteiger partial charge in [0.1, 0.15) is 11.9 Å². The van der Waals surface area contributed by atoms with E-state index in [9.17, 15) is 9.59 Å². The standard InChI is InChI=1S/C14H16O5/c1-2-18-14(16)13(15)11-5-3-4-6-12(11)19-10-7-8-17-9-10/h3-6,10H,2,7-9H2,1H3. The van der Waals surface area contributed by atoms with E-state index >= 15 is 0 Å². The number of para-hydroxylation sites is 1. The molecule has 1 aliphatic heterocycles. The maximum absolute atomic E-state index is 11.9. The summed E-state index contributed by atoms with van der Waals surface area (Å²) in [6, 6.07) is 6.67. The summed E-state index contributed by atoms with van der Waals surface area (Å²) in [5, 5.41) is 0. The summed E-state index contributed by atoms with van der Waals surface area (Å²) in [6.07, 6.45) is 0.707. The van der Waals surface area contributed by atoms with Gasteiger partial charge in [-0.25, -0.2) is 4.79 Å². The molecule has 0 amide bonds. The van der Waals surface area contributed by atoms with Crippen molar-refractivity contribution in [3.8, 4) is 5.75 Å². The Morgan fingerprint density at radius 3 is 2.84 bits per heavy atom. The number of ether oxygens (including phenoxy) is 3. The minimum atomic E-state index is -0.860. The van der Waals surface area contributed by atoms with Gasteiger partial charge < -0.3 is 14.2 Å². The minimum Gasteiger partial charge on any atom is -0.487 e. The molecule has 1 aromatic rings. The first-order chi connectivity index (χ1) is 9.22. The molecule has 1 fully saturated rings. The lowest BCUT2D eigenvalue weighted by Gasteiger charge is -2.14. The van der Waals surface area contributed by atoms with Gasteiger partial charge in [0.25, 0.3) is 5.78 Å². The summed E-state index contributed by atoms with van der Waals surface area (Å²) in [5.41, 5.74) is 0.229. The number of hydrogen-bond donors (Lipinski definition) is 0. The van der Waals surface area contributed by atoms with Crippen molar-refractivity contribution in [3.05, 3.63) is 29.8 Å². The number of rotatable bonds is 5. The second-order valence-electron chi connectivity index (χ2n) is 4.15. The maximum Gasteiger partial charge on any atom is 0.379 e. The Labute approximate surface area is 111 Å². The fourth-order valence-electron chi connectivity index (χ4n) is 1.85. The maximum atomic E-state index is 11.9. The van der Waals surface area contributed by atoms with Gasteiger partial charge in [0, 0.05) is 6.42 Å². The van der Waals surface area contributed by atoms with Gasteiger partial charge in [-0.05, 0) is 19.1 Å². The zero-order valence-corrected chi connectivity index (χ0v) is 10.8. The third-order valence-corrected chi connectivity index (χ3v) is 2.77. The van der Waals surface area contributed by atoms with Crippen LogP contribution in [-0.2, 0) is 14.3 Å². The zero-order valence-electron chi connectivity index (χ0n) is 10.8. The highest BCUT2D eigenvalue weighted by Gasteiger charge is 2.24. The smallest absolute Gasteiger partial charge is 0.379 e. The molecule has 1 atom stereocenters. The quantitative estimate of drug-likeness (QED) is 0.459. The minimum absolute atomic E-state index is 0.0730. The largest absolute Gasteiger partial charge is 0.487 e. The number of esters is 1. The molecule has 0 radical (unpaired) electrons. The molecule has 0 bridgehead atoms. The summed E-state index contributed by atoms with van der Waals surface area (Å²) < 4.78 is 15.6. The van der Waals surface area contributed by atoms with Crippen molar-refractivity contribution in [3.63, 3.8) is 0 Å². The number of carbonyl (C=O) groups excluding carboxylic acids is 2. The zero-order chi connectivity index (χ0) is 13.7. The molecule has 5 heteroatoms. The fourth-order valence-corrected chi connectivity index (χ4v) is 1.85. The van der Waals surface area contributed by atoms with E-state index in [4.69, 9.17) is 14.2 Å². The highest BCUT2D eigenvalue weighted by atomic mass is 16.5. The molecule has 102 valence electrons. The van der Waals surface area contributed by atoms with Crippen LogP contribution in [0.2, 0.25) is 0 Å². The van der Waals surface area contributed by atoms with Gasteiger partial charge >= 0.3 is 5.97 Å². The molecule has 2 rings (SSSR count). The van der Waals surface area contributed by atoms with Gasteiger partial charge in [-0.3, -0.25) is 4.79 Å². The third-order valence-electron chi connectivity index (χ3n) is 2.77. The number of Topliss-reactive ketones (excluding diaryl/α,β-unsaturated/α-hetero) is 1. The Morgan fingerprint density at radius 2 is 2.16 bits per heavy atom. The predicted octanol–water partition coefficient (Wildman–Crippen LogP) is 1.60. The van der Waals surface area contributed by atoms with Gasteiger partial charge in [0.15, 0.2) is 0 Å². The molecule has 5 nitrogen and oxygen atoms in total. The van der Waals surface area contributed by atoms with Crippen LogP contribution in [0.1, 0.15) is 23.7 Å². The Bertz CT molecular complexity index is 463. The summed E-state index contributed by atoms with van der Waals surface area (Å²) in [6.45, 7) is 2.98. The lowest BCUT2D eigenvalue weighted by atomic mass is 10.1. The van der Waals surface area contributed by atoms with Crippen LogP contribution in [0.15, 0.2) is 24.3 Å². The van der Waals surface area contributed by atoms with Crippen LogP contribution in [0.4, 0.5) is 0 Å². The van der Waals surface area contributed by atoms with E-state index in [0.29, 0.717) is 19.0 Å². The van der Waals surface area contributed by atoms with Crippen molar-refractivity contribution in [2.45, 2.75) is 19.4 Å². The molecular formula is C14H16O5. The highest BCUT2D eigenvalue weighted by Crippen LogP contribution is 2.22. The van der Waals surface area contributed by atoms with Crippen LogP contribution in [-0.4, -0.2) is 37.7 Å². The first kappa shape index (κ1) is 13.5. The summed E-state index contributed by atoms with van der Waals surface area (Å²) >= 11 is 0. The van der Waals surface area contributed by atoms with Crippen LogP contribution < -0.4 is 4.74 Å². The molecule has 0 spiro atoms. The Morgan fingerprint density at radius 1 is 1.37 bits per heavy atom. The Hall–Kier alpha value is -1.88. The number of hydrogen-bond acceptors (Lipinski definition) is 5. The lowest BCUT2D eigenvalue weighted by Crippen LogP contribution is -2.21. The average molecular weight is 264 g/mol. The van der Waals surface area contributed by atoms with Crippen LogP contribution in [0.5, 0.6) is 5.75 Å². The molecule has 1 aromatic carbocycles. The van der Waals surface area contributed by atoms with Gasteiger partial charge in [-0.1, -0.05) is 12.1 Å². The number of ketones is 1. The summed E-state index contributed by atoms with van der Waals surface area (Å²) in [5.74, 6) is -1.14. The van der Waals surface area contributed by atoms with Crippen molar-refractivity contribution >= 4 is 11.8 Å². The van der Waals surface area contributed by atoms with Gasteiger partial charge in [0.05, 0.1) is 25.4 Å². The highest BCUT2D eigenvalue weighted by molar-refractivity contribution is 6.41. The van der Waals surface area contributed by atoms with E-state index in [-0.39, 0.29) is 18.3 Å². The average Bonchev–Trinajstić information content (AvgIpc) is 2.92. The molecule has 1 saturated heterocycles. The van der Waals surface area contributed by atoms with E-state index in [2.05, 4.69) is 0 Å². The van der Waals surface area contributed by atoms with Crippen LogP contribution in [0.3, 0.4) is 0 Å². The summed E-state index contributed by atoms with van der Waals surface area (Å²) in [7, 11) is 0. The first-order valence-electron chi connectivity index (χ1n) is 6.27. The van der Waals surface area contributed by atoms with Crippen molar-refractivity contribution < 1.29 is 23.8 Å². The molecule has 0 saturated carbocycles. The van der Waals surface area contributed by atoms with E-state index in [1.165, 1.54) is 0 Å². The van der Waals surface area contributed by atoms with E-state index in [1.54, 1.807) is 31.2 Å². The van der Waals surface area contributed by atoms with Crippen LogP contribution in [0.25, 0.3) is 0 Å². The van der Waals surface area contributed by atoms with Crippen molar-refractivity contribution in [1.29, 1.82) is 0 Å². The molecule has 1 heterocycles. The normalized spacial score (nSPS) is 18.1. The second kappa shape index (κ2) is 6.33.